The van der Waals surface area contributed by atoms with Crippen LogP contribution in [0.25, 0.3) is 0 Å². The molecular weight excluding hydrogens is 184 g/mol. The normalized spacial score (nSPS) is 32.1. The van der Waals surface area contributed by atoms with Gasteiger partial charge in [0.25, 0.3) is 0 Å². The zero-order chi connectivity index (χ0) is 10.9. The van der Waals surface area contributed by atoms with Gasteiger partial charge in [0.15, 0.2) is 0 Å². The Morgan fingerprint density at radius 1 is 1.36 bits per heavy atom. The van der Waals surface area contributed by atoms with Gasteiger partial charge in [-0.1, -0.05) is 18.6 Å². The standard InChI is InChI=1S/C10H14O4/c1-5-3-6(2)8(10(13)14)7(4-5)9(11)12/h3,6-8H,4H2,1-2H3,(H,11,12)(H,13,14)/t6-,7+,8-/m0/s1. The van der Waals surface area contributed by atoms with Crippen LogP contribution in [0.15, 0.2) is 11.6 Å². The maximum absolute atomic E-state index is 10.9. The highest BCUT2D eigenvalue weighted by molar-refractivity contribution is 5.81. The summed E-state index contributed by atoms with van der Waals surface area (Å²) in [5, 5.41) is 17.8. The highest BCUT2D eigenvalue weighted by Crippen LogP contribution is 2.34. The molecule has 0 aliphatic heterocycles. The fourth-order valence-electron chi connectivity index (χ4n) is 2.10. The minimum Gasteiger partial charge on any atom is -0.481 e. The molecule has 2 N–H and O–H groups in total. The molecule has 3 atom stereocenters. The highest BCUT2D eigenvalue weighted by atomic mass is 16.4. The van der Waals surface area contributed by atoms with E-state index in [9.17, 15) is 9.59 Å². The Labute approximate surface area is 82.2 Å². The van der Waals surface area contributed by atoms with Gasteiger partial charge in [0.1, 0.15) is 0 Å². The number of hydrogen-bond donors (Lipinski definition) is 2. The van der Waals surface area contributed by atoms with E-state index in [1.807, 2.05) is 13.0 Å². The van der Waals surface area contributed by atoms with Crippen LogP contribution in [0.5, 0.6) is 0 Å². The van der Waals surface area contributed by atoms with Gasteiger partial charge in [0.05, 0.1) is 11.8 Å². The first-order valence-electron chi connectivity index (χ1n) is 4.56. The number of allylic oxidation sites excluding steroid dienone is 2. The Balaban J connectivity index is 2.98. The van der Waals surface area contributed by atoms with Gasteiger partial charge in [-0.2, -0.15) is 0 Å². The Bertz CT molecular complexity index is 292. The third kappa shape index (κ3) is 1.95. The predicted octanol–water partition coefficient (Wildman–Crippen LogP) is 1.37. The number of rotatable bonds is 2. The molecule has 1 rings (SSSR count). The number of aliphatic carboxylic acids is 2. The smallest absolute Gasteiger partial charge is 0.307 e. The quantitative estimate of drug-likeness (QED) is 0.657. The van der Waals surface area contributed by atoms with Crippen LogP contribution in [0.3, 0.4) is 0 Å². The van der Waals surface area contributed by atoms with E-state index in [0.29, 0.717) is 6.42 Å². The summed E-state index contributed by atoms with van der Waals surface area (Å²) in [5.74, 6) is -3.82. The molecule has 4 nitrogen and oxygen atoms in total. The zero-order valence-electron chi connectivity index (χ0n) is 8.23. The Hall–Kier alpha value is -1.32. The van der Waals surface area contributed by atoms with Crippen LogP contribution < -0.4 is 0 Å². The predicted molar refractivity (Wildman–Crippen MR) is 49.8 cm³/mol. The van der Waals surface area contributed by atoms with Gasteiger partial charge < -0.3 is 10.2 Å². The Morgan fingerprint density at radius 2 is 1.93 bits per heavy atom. The third-order valence-electron chi connectivity index (χ3n) is 2.69. The average Bonchev–Trinajstić information content (AvgIpc) is 2.01. The molecule has 14 heavy (non-hydrogen) atoms. The lowest BCUT2D eigenvalue weighted by molar-refractivity contribution is -0.155. The Kier molecular flexibility index (Phi) is 2.93. The van der Waals surface area contributed by atoms with Crippen LogP contribution >= 0.6 is 0 Å². The van der Waals surface area contributed by atoms with Crippen molar-refractivity contribution in [3.8, 4) is 0 Å². The lowest BCUT2D eigenvalue weighted by atomic mass is 9.74. The lowest BCUT2D eigenvalue weighted by Gasteiger charge is -2.29. The number of carboxylic acids is 2. The van der Waals surface area contributed by atoms with E-state index < -0.39 is 23.8 Å². The van der Waals surface area contributed by atoms with Crippen LogP contribution in [0.4, 0.5) is 0 Å². The molecular formula is C10H14O4. The summed E-state index contributed by atoms with van der Waals surface area (Å²) in [5.41, 5.74) is 0.961. The highest BCUT2D eigenvalue weighted by Gasteiger charge is 2.39. The van der Waals surface area contributed by atoms with Crippen LogP contribution in [0.1, 0.15) is 20.3 Å². The van der Waals surface area contributed by atoms with Gasteiger partial charge in [-0.15, -0.1) is 0 Å². The van der Waals surface area contributed by atoms with Crippen molar-refractivity contribution < 1.29 is 19.8 Å². The summed E-state index contributed by atoms with van der Waals surface area (Å²) < 4.78 is 0. The van der Waals surface area contributed by atoms with Crippen LogP contribution in [0, 0.1) is 17.8 Å². The topological polar surface area (TPSA) is 74.6 Å². The molecule has 0 unspecified atom stereocenters. The summed E-state index contributed by atoms with van der Waals surface area (Å²) in [6.45, 7) is 3.59. The first-order valence-corrected chi connectivity index (χ1v) is 4.56. The fraction of sp³-hybridized carbons (Fsp3) is 0.600. The fourth-order valence-corrected chi connectivity index (χ4v) is 2.10. The first kappa shape index (κ1) is 10.8. The van der Waals surface area contributed by atoms with Crippen molar-refractivity contribution in [2.45, 2.75) is 20.3 Å². The molecule has 0 heterocycles. The van der Waals surface area contributed by atoms with Crippen molar-refractivity contribution in [2.24, 2.45) is 17.8 Å². The molecule has 0 aromatic heterocycles. The van der Waals surface area contributed by atoms with Gasteiger partial charge in [-0.05, 0) is 19.3 Å². The van der Waals surface area contributed by atoms with E-state index in [1.54, 1.807) is 6.92 Å². The van der Waals surface area contributed by atoms with Crippen molar-refractivity contribution in [1.29, 1.82) is 0 Å². The van der Waals surface area contributed by atoms with Gasteiger partial charge >= 0.3 is 11.9 Å². The molecule has 0 fully saturated rings. The molecule has 0 spiro atoms. The number of carbonyl (C=O) groups is 2. The minimum absolute atomic E-state index is 0.206. The molecule has 1 aliphatic carbocycles. The molecule has 0 saturated heterocycles. The summed E-state index contributed by atoms with van der Waals surface area (Å²) >= 11 is 0. The lowest BCUT2D eigenvalue weighted by Crippen LogP contribution is -2.36. The van der Waals surface area contributed by atoms with Gasteiger partial charge in [-0.3, -0.25) is 9.59 Å². The average molecular weight is 198 g/mol. The van der Waals surface area contributed by atoms with Gasteiger partial charge in [-0.25, -0.2) is 0 Å². The molecule has 0 saturated carbocycles. The van der Waals surface area contributed by atoms with Gasteiger partial charge in [0.2, 0.25) is 0 Å². The third-order valence-corrected chi connectivity index (χ3v) is 2.69. The SMILES string of the molecule is CC1=C[C@H](C)[C@H](C(=O)O)[C@H](C(=O)O)C1. The van der Waals surface area contributed by atoms with Crippen molar-refractivity contribution in [3.63, 3.8) is 0 Å². The van der Waals surface area contributed by atoms with E-state index in [2.05, 4.69) is 0 Å². The second kappa shape index (κ2) is 3.82. The van der Waals surface area contributed by atoms with E-state index >= 15 is 0 Å². The van der Waals surface area contributed by atoms with Crippen molar-refractivity contribution >= 4 is 11.9 Å². The van der Waals surface area contributed by atoms with E-state index in [1.165, 1.54) is 0 Å². The van der Waals surface area contributed by atoms with Crippen LogP contribution in [0.2, 0.25) is 0 Å². The maximum Gasteiger partial charge on any atom is 0.307 e. The summed E-state index contributed by atoms with van der Waals surface area (Å²) in [6.07, 6.45) is 2.19. The number of hydrogen-bond acceptors (Lipinski definition) is 2. The van der Waals surface area contributed by atoms with Crippen molar-refractivity contribution in [1.82, 2.24) is 0 Å². The van der Waals surface area contributed by atoms with Crippen LogP contribution in [-0.2, 0) is 9.59 Å². The second-order valence-corrected chi connectivity index (χ2v) is 3.89. The first-order chi connectivity index (χ1) is 6.43. The largest absolute Gasteiger partial charge is 0.481 e. The summed E-state index contributed by atoms with van der Waals surface area (Å²) in [7, 11) is 0. The number of carboxylic acid groups (broad SMARTS) is 2. The monoisotopic (exact) mass is 198 g/mol. The van der Waals surface area contributed by atoms with E-state index in [-0.39, 0.29) is 5.92 Å². The van der Waals surface area contributed by atoms with Gasteiger partial charge in [0, 0.05) is 0 Å². The summed E-state index contributed by atoms with van der Waals surface area (Å²) in [4.78, 5) is 21.8. The van der Waals surface area contributed by atoms with Crippen LogP contribution in [-0.4, -0.2) is 22.2 Å². The molecule has 4 heteroatoms. The molecule has 0 aromatic carbocycles. The second-order valence-electron chi connectivity index (χ2n) is 3.89. The Morgan fingerprint density at radius 3 is 2.36 bits per heavy atom. The molecule has 0 aromatic rings. The molecule has 0 radical (unpaired) electrons. The van der Waals surface area contributed by atoms with Crippen molar-refractivity contribution in [2.75, 3.05) is 0 Å². The van der Waals surface area contributed by atoms with E-state index in [4.69, 9.17) is 10.2 Å². The maximum atomic E-state index is 10.9. The van der Waals surface area contributed by atoms with E-state index in [0.717, 1.165) is 5.57 Å². The summed E-state index contributed by atoms with van der Waals surface area (Å²) in [6, 6.07) is 0. The molecule has 0 amide bonds. The molecule has 1 aliphatic rings. The van der Waals surface area contributed by atoms with Crippen molar-refractivity contribution in [3.05, 3.63) is 11.6 Å². The minimum atomic E-state index is -1.02. The molecule has 78 valence electrons. The molecule has 0 bridgehead atoms. The zero-order valence-corrected chi connectivity index (χ0v) is 8.23.